The second-order valence-corrected chi connectivity index (χ2v) is 10.9. The standard InChI is InChI=1S/C20H20FN3O3S3/c1-13-18(20(25)24-8-2-3-9-24)29-19(23-13)15-10-17(28-12-15)30(26,27)22-11-14-4-6-16(21)7-5-14/h4-7,10,12,22H,2-3,8-9,11H2,1H3. The van der Waals surface area contributed by atoms with E-state index < -0.39 is 10.0 Å². The van der Waals surface area contributed by atoms with Crippen molar-refractivity contribution in [1.82, 2.24) is 14.6 Å². The SMILES string of the molecule is Cc1nc(-c2csc(S(=O)(=O)NCc3ccc(F)cc3)c2)sc1C(=O)N1CCCC1. The first-order valence-corrected chi connectivity index (χ1v) is 12.6. The van der Waals surface area contributed by atoms with Gasteiger partial charge in [0, 0.05) is 30.6 Å². The number of carbonyl (C=O) groups excluding carboxylic acids is 1. The van der Waals surface area contributed by atoms with Gasteiger partial charge in [-0.1, -0.05) is 12.1 Å². The number of rotatable bonds is 6. The quantitative estimate of drug-likeness (QED) is 0.596. The largest absolute Gasteiger partial charge is 0.338 e. The van der Waals surface area contributed by atoms with Crippen LogP contribution in [0, 0.1) is 12.7 Å². The number of carbonyl (C=O) groups is 1. The topological polar surface area (TPSA) is 79.4 Å². The molecule has 6 nitrogen and oxygen atoms in total. The molecule has 1 amide bonds. The van der Waals surface area contributed by atoms with Crippen molar-refractivity contribution < 1.29 is 17.6 Å². The number of likely N-dealkylation sites (tertiary alicyclic amines) is 1. The summed E-state index contributed by atoms with van der Waals surface area (Å²) in [6.07, 6.45) is 2.04. The van der Waals surface area contributed by atoms with Crippen LogP contribution < -0.4 is 4.72 Å². The highest BCUT2D eigenvalue weighted by Gasteiger charge is 2.25. The molecule has 1 aliphatic rings. The second kappa shape index (κ2) is 8.54. The van der Waals surface area contributed by atoms with E-state index in [2.05, 4.69) is 9.71 Å². The van der Waals surface area contributed by atoms with E-state index in [1.54, 1.807) is 18.4 Å². The van der Waals surface area contributed by atoms with Crippen molar-refractivity contribution in [2.45, 2.75) is 30.5 Å². The molecule has 0 bridgehead atoms. The second-order valence-electron chi connectivity index (χ2n) is 7.04. The Morgan fingerprint density at radius 1 is 1.23 bits per heavy atom. The Balaban J connectivity index is 1.50. The molecule has 1 N–H and O–H groups in total. The Morgan fingerprint density at radius 2 is 1.93 bits per heavy atom. The van der Waals surface area contributed by atoms with Crippen LogP contribution in [0.5, 0.6) is 0 Å². The van der Waals surface area contributed by atoms with Gasteiger partial charge >= 0.3 is 0 Å². The summed E-state index contributed by atoms with van der Waals surface area (Å²) in [7, 11) is -3.71. The third kappa shape index (κ3) is 4.46. The molecule has 0 atom stereocenters. The molecule has 0 unspecified atom stereocenters. The van der Waals surface area contributed by atoms with Gasteiger partial charge < -0.3 is 4.90 Å². The molecular weight excluding hydrogens is 445 g/mol. The molecule has 30 heavy (non-hydrogen) atoms. The number of amides is 1. The summed E-state index contributed by atoms with van der Waals surface area (Å²) in [4.78, 5) is 19.6. The van der Waals surface area contributed by atoms with E-state index in [0.29, 0.717) is 26.7 Å². The fourth-order valence-corrected chi connectivity index (χ4v) is 6.53. The first-order valence-electron chi connectivity index (χ1n) is 9.43. The lowest BCUT2D eigenvalue weighted by Gasteiger charge is -2.13. The Labute approximate surface area is 182 Å². The van der Waals surface area contributed by atoms with Crippen molar-refractivity contribution in [2.24, 2.45) is 0 Å². The van der Waals surface area contributed by atoms with Gasteiger partial charge in [-0.15, -0.1) is 22.7 Å². The molecule has 158 valence electrons. The van der Waals surface area contributed by atoms with Gasteiger partial charge in [-0.05, 0) is 43.5 Å². The van der Waals surface area contributed by atoms with E-state index in [9.17, 15) is 17.6 Å². The fraction of sp³-hybridized carbons (Fsp3) is 0.300. The molecule has 0 aliphatic carbocycles. The maximum atomic E-state index is 13.0. The number of aryl methyl sites for hydroxylation is 1. The highest BCUT2D eigenvalue weighted by Crippen LogP contribution is 2.33. The maximum Gasteiger partial charge on any atom is 0.265 e. The first kappa shape index (κ1) is 21.1. The van der Waals surface area contributed by atoms with Gasteiger partial charge in [-0.3, -0.25) is 4.79 Å². The molecule has 0 spiro atoms. The Hall–Kier alpha value is -2.14. The molecular formula is C20H20FN3O3S3. The average molecular weight is 466 g/mol. The molecule has 10 heteroatoms. The number of nitrogens with zero attached hydrogens (tertiary/aromatic N) is 2. The third-order valence-corrected chi connectivity index (χ3v) is 8.89. The number of thiazole rings is 1. The number of thiophene rings is 1. The van der Waals surface area contributed by atoms with Crippen LogP contribution in [0.15, 0.2) is 39.9 Å². The van der Waals surface area contributed by atoms with E-state index >= 15 is 0 Å². The highest BCUT2D eigenvalue weighted by atomic mass is 32.2. The van der Waals surface area contributed by atoms with Crippen LogP contribution in [0.1, 0.15) is 33.8 Å². The number of sulfonamides is 1. The molecule has 4 rings (SSSR count). The lowest BCUT2D eigenvalue weighted by atomic mass is 10.2. The maximum absolute atomic E-state index is 13.0. The van der Waals surface area contributed by atoms with Crippen LogP contribution in [0.25, 0.3) is 10.6 Å². The number of hydrogen-bond acceptors (Lipinski definition) is 6. The van der Waals surface area contributed by atoms with Gasteiger partial charge in [-0.25, -0.2) is 22.5 Å². The molecule has 1 fully saturated rings. The van der Waals surface area contributed by atoms with Crippen molar-refractivity contribution in [3.8, 4) is 10.6 Å². The molecule has 1 aromatic carbocycles. The number of hydrogen-bond donors (Lipinski definition) is 1. The van der Waals surface area contributed by atoms with Gasteiger partial charge in [-0.2, -0.15) is 0 Å². The predicted octanol–water partition coefficient (Wildman–Crippen LogP) is 4.03. The van der Waals surface area contributed by atoms with Gasteiger partial charge in [0.15, 0.2) is 0 Å². The predicted molar refractivity (Wildman–Crippen MR) is 116 cm³/mol. The minimum Gasteiger partial charge on any atom is -0.338 e. The van der Waals surface area contributed by atoms with Gasteiger partial charge in [0.1, 0.15) is 19.9 Å². The third-order valence-electron chi connectivity index (χ3n) is 4.85. The van der Waals surface area contributed by atoms with Gasteiger partial charge in [0.2, 0.25) is 10.0 Å². The summed E-state index contributed by atoms with van der Waals surface area (Å²) in [5, 5.41) is 2.36. The highest BCUT2D eigenvalue weighted by molar-refractivity contribution is 7.91. The zero-order chi connectivity index (χ0) is 21.3. The number of nitrogens with one attached hydrogen (secondary N) is 1. The van der Waals surface area contributed by atoms with Crippen LogP contribution in [0.4, 0.5) is 4.39 Å². The van der Waals surface area contributed by atoms with E-state index in [4.69, 9.17) is 0 Å². The van der Waals surface area contributed by atoms with Gasteiger partial charge in [0.05, 0.1) is 5.69 Å². The Kier molecular flexibility index (Phi) is 6.01. The van der Waals surface area contributed by atoms with E-state index in [1.165, 1.54) is 35.6 Å². The Bertz CT molecular complexity index is 1160. The van der Waals surface area contributed by atoms with Gasteiger partial charge in [0.25, 0.3) is 5.91 Å². The Morgan fingerprint density at radius 3 is 2.63 bits per heavy atom. The molecule has 0 saturated carbocycles. The molecule has 3 aromatic rings. The first-order chi connectivity index (χ1) is 14.3. The van der Waals surface area contributed by atoms with Crippen molar-refractivity contribution in [3.05, 3.63) is 57.7 Å². The van der Waals surface area contributed by atoms with Crippen LogP contribution in [0.3, 0.4) is 0 Å². The summed E-state index contributed by atoms with van der Waals surface area (Å²) in [5.74, 6) is -0.372. The normalized spacial score (nSPS) is 14.4. The summed E-state index contributed by atoms with van der Waals surface area (Å²) < 4.78 is 40.9. The number of benzene rings is 1. The lowest BCUT2D eigenvalue weighted by Crippen LogP contribution is -2.27. The van der Waals surface area contributed by atoms with Crippen LogP contribution in [-0.2, 0) is 16.6 Å². The van der Waals surface area contributed by atoms with Crippen molar-refractivity contribution in [1.29, 1.82) is 0 Å². The smallest absolute Gasteiger partial charge is 0.265 e. The van der Waals surface area contributed by atoms with Crippen molar-refractivity contribution in [3.63, 3.8) is 0 Å². The monoisotopic (exact) mass is 465 g/mol. The summed E-state index contributed by atoms with van der Waals surface area (Å²) in [6.45, 7) is 3.41. The summed E-state index contributed by atoms with van der Waals surface area (Å²) >= 11 is 2.40. The summed E-state index contributed by atoms with van der Waals surface area (Å²) in [5.41, 5.74) is 2.00. The zero-order valence-electron chi connectivity index (χ0n) is 16.2. The molecule has 1 saturated heterocycles. The molecule has 1 aliphatic heterocycles. The van der Waals surface area contributed by atoms with E-state index in [-0.39, 0.29) is 22.5 Å². The minimum atomic E-state index is -3.71. The van der Waals surface area contributed by atoms with E-state index in [0.717, 1.165) is 37.3 Å². The molecule has 3 heterocycles. The molecule has 0 radical (unpaired) electrons. The average Bonchev–Trinajstić information content (AvgIpc) is 3.47. The van der Waals surface area contributed by atoms with Crippen molar-refractivity contribution >= 4 is 38.6 Å². The fourth-order valence-electron chi connectivity index (χ4n) is 3.20. The summed E-state index contributed by atoms with van der Waals surface area (Å²) in [6, 6.07) is 7.22. The number of halogens is 1. The number of aromatic nitrogens is 1. The van der Waals surface area contributed by atoms with Crippen LogP contribution >= 0.6 is 22.7 Å². The van der Waals surface area contributed by atoms with E-state index in [1.807, 2.05) is 4.90 Å². The lowest BCUT2D eigenvalue weighted by molar-refractivity contribution is 0.0796. The molecule has 2 aromatic heterocycles. The minimum absolute atomic E-state index is 0.00205. The van der Waals surface area contributed by atoms with Crippen LogP contribution in [0.2, 0.25) is 0 Å². The van der Waals surface area contributed by atoms with Crippen molar-refractivity contribution in [2.75, 3.05) is 13.1 Å². The van der Waals surface area contributed by atoms with Crippen LogP contribution in [-0.4, -0.2) is 37.3 Å². The zero-order valence-corrected chi connectivity index (χ0v) is 18.7.